The van der Waals surface area contributed by atoms with E-state index in [1.54, 1.807) is 24.3 Å². The molecule has 0 saturated heterocycles. The maximum absolute atomic E-state index is 12.5. The highest BCUT2D eigenvalue weighted by Gasteiger charge is 2.30. The summed E-state index contributed by atoms with van der Waals surface area (Å²) in [5.41, 5.74) is 3.35. The molecule has 0 atom stereocenters. The molecule has 4 rings (SSSR count). The van der Waals surface area contributed by atoms with Crippen LogP contribution in [0.15, 0.2) is 59.6 Å². The smallest absolute Gasteiger partial charge is 0.234 e. The maximum Gasteiger partial charge on any atom is 0.234 e. The van der Waals surface area contributed by atoms with Crippen molar-refractivity contribution in [3.05, 3.63) is 70.9 Å². The number of anilines is 1. The number of carbonyl (C=O) groups excluding carboxylic acids is 1. The topological polar surface area (TPSA) is 64.1 Å². The summed E-state index contributed by atoms with van der Waals surface area (Å²) in [6.45, 7) is 4.57. The summed E-state index contributed by atoms with van der Waals surface area (Å²) in [5.74, 6) is 0.810. The number of benzene rings is 2. The average Bonchev–Trinajstić information content (AvgIpc) is 2.73. The third kappa shape index (κ3) is 5.01. The monoisotopic (exact) mass is 439 g/mol. The van der Waals surface area contributed by atoms with Gasteiger partial charge >= 0.3 is 0 Å². The zero-order valence-corrected chi connectivity index (χ0v) is 18.4. The number of amides is 1. The Balaban J connectivity index is 1.57. The SMILES string of the molecule is CC1(C)Cc2nc(-c3ccccc3)nc(SCC(=O)Nc3ccc(Cl)cc3)c2CO1. The Labute approximate surface area is 185 Å². The van der Waals surface area contributed by atoms with E-state index in [1.807, 2.05) is 30.3 Å². The van der Waals surface area contributed by atoms with Crippen LogP contribution in [0.5, 0.6) is 0 Å². The van der Waals surface area contributed by atoms with Gasteiger partial charge < -0.3 is 10.1 Å². The molecule has 1 N–H and O–H groups in total. The predicted octanol–water partition coefficient (Wildman–Crippen LogP) is 5.38. The first-order valence-electron chi connectivity index (χ1n) is 9.67. The zero-order chi connectivity index (χ0) is 21.1. The van der Waals surface area contributed by atoms with Crippen molar-refractivity contribution in [3.63, 3.8) is 0 Å². The van der Waals surface area contributed by atoms with E-state index in [0.717, 1.165) is 21.8 Å². The van der Waals surface area contributed by atoms with Gasteiger partial charge in [-0.05, 0) is 38.1 Å². The van der Waals surface area contributed by atoms with Gasteiger partial charge in [-0.15, -0.1) is 0 Å². The molecule has 5 nitrogen and oxygen atoms in total. The largest absolute Gasteiger partial charge is 0.370 e. The fourth-order valence-corrected chi connectivity index (χ4v) is 4.19. The van der Waals surface area contributed by atoms with Crippen LogP contribution in [0.25, 0.3) is 11.4 Å². The van der Waals surface area contributed by atoms with Crippen LogP contribution in [0.2, 0.25) is 5.02 Å². The van der Waals surface area contributed by atoms with Gasteiger partial charge in [0, 0.05) is 28.3 Å². The Morgan fingerprint density at radius 3 is 2.60 bits per heavy atom. The second kappa shape index (κ2) is 8.76. The number of nitrogens with one attached hydrogen (secondary N) is 1. The quantitative estimate of drug-likeness (QED) is 0.427. The van der Waals surface area contributed by atoms with Gasteiger partial charge in [-0.1, -0.05) is 53.7 Å². The fourth-order valence-electron chi connectivity index (χ4n) is 3.22. The van der Waals surface area contributed by atoms with Crippen molar-refractivity contribution in [1.82, 2.24) is 9.97 Å². The molecule has 154 valence electrons. The number of fused-ring (bicyclic) bond motifs is 1. The minimum Gasteiger partial charge on any atom is -0.370 e. The summed E-state index contributed by atoms with van der Waals surface area (Å²) >= 11 is 7.30. The van der Waals surface area contributed by atoms with Gasteiger partial charge in [0.15, 0.2) is 5.82 Å². The van der Waals surface area contributed by atoms with Crippen LogP contribution < -0.4 is 5.32 Å². The Hall–Kier alpha value is -2.41. The molecule has 1 aliphatic rings. The highest BCUT2D eigenvalue weighted by Crippen LogP contribution is 2.34. The minimum absolute atomic E-state index is 0.104. The second-order valence-corrected chi connectivity index (χ2v) is 9.11. The summed E-state index contributed by atoms with van der Waals surface area (Å²) in [6.07, 6.45) is 0.704. The first-order chi connectivity index (χ1) is 14.4. The number of aromatic nitrogens is 2. The Kier molecular flexibility index (Phi) is 6.09. The van der Waals surface area contributed by atoms with Gasteiger partial charge in [-0.3, -0.25) is 4.79 Å². The Morgan fingerprint density at radius 1 is 1.13 bits per heavy atom. The van der Waals surface area contributed by atoms with Crippen LogP contribution in [0, 0.1) is 0 Å². The number of rotatable bonds is 5. The molecule has 30 heavy (non-hydrogen) atoms. The van der Waals surface area contributed by atoms with Crippen LogP contribution in [0.1, 0.15) is 25.1 Å². The number of halogens is 1. The molecule has 3 aromatic rings. The third-order valence-electron chi connectivity index (χ3n) is 4.76. The van der Waals surface area contributed by atoms with Gasteiger partial charge in [0.2, 0.25) is 5.91 Å². The van der Waals surface area contributed by atoms with Crippen molar-refractivity contribution in [2.75, 3.05) is 11.1 Å². The molecule has 7 heteroatoms. The van der Waals surface area contributed by atoms with Crippen molar-refractivity contribution in [2.24, 2.45) is 0 Å². The van der Waals surface area contributed by atoms with Gasteiger partial charge in [0.25, 0.3) is 0 Å². The third-order valence-corrected chi connectivity index (χ3v) is 6.02. The average molecular weight is 440 g/mol. The lowest BCUT2D eigenvalue weighted by Gasteiger charge is -2.32. The molecule has 0 fully saturated rings. The van der Waals surface area contributed by atoms with Gasteiger partial charge in [0.05, 0.1) is 23.7 Å². The molecule has 0 unspecified atom stereocenters. The molecule has 2 aromatic carbocycles. The van der Waals surface area contributed by atoms with Gasteiger partial charge in [-0.2, -0.15) is 0 Å². The van der Waals surface area contributed by atoms with E-state index in [-0.39, 0.29) is 17.3 Å². The molecular formula is C23H22ClN3O2S. The molecule has 1 aromatic heterocycles. The lowest BCUT2D eigenvalue weighted by atomic mass is 9.96. The fraction of sp³-hybridized carbons (Fsp3) is 0.261. The van der Waals surface area contributed by atoms with Crippen LogP contribution in [0.4, 0.5) is 5.69 Å². The molecule has 1 aliphatic heterocycles. The highest BCUT2D eigenvalue weighted by molar-refractivity contribution is 8.00. The van der Waals surface area contributed by atoms with Crippen LogP contribution in [0.3, 0.4) is 0 Å². The molecule has 0 bridgehead atoms. The number of thioether (sulfide) groups is 1. The lowest BCUT2D eigenvalue weighted by Crippen LogP contribution is -2.33. The lowest BCUT2D eigenvalue weighted by molar-refractivity contribution is -0.113. The molecule has 2 heterocycles. The number of nitrogens with zero attached hydrogens (tertiary/aromatic N) is 2. The number of ether oxygens (including phenoxy) is 1. The first kappa shape index (κ1) is 20.8. The van der Waals surface area contributed by atoms with Crippen LogP contribution in [-0.2, 0) is 22.6 Å². The summed E-state index contributed by atoms with van der Waals surface area (Å²) < 4.78 is 5.99. The van der Waals surface area contributed by atoms with E-state index >= 15 is 0 Å². The van der Waals surface area contributed by atoms with Crippen molar-refractivity contribution in [2.45, 2.75) is 37.5 Å². The van der Waals surface area contributed by atoms with E-state index in [9.17, 15) is 4.79 Å². The van der Waals surface area contributed by atoms with Crippen molar-refractivity contribution >= 4 is 35.0 Å². The van der Waals surface area contributed by atoms with Gasteiger partial charge in [0.1, 0.15) is 5.03 Å². The van der Waals surface area contributed by atoms with Crippen LogP contribution in [-0.4, -0.2) is 27.2 Å². The summed E-state index contributed by atoms with van der Waals surface area (Å²) in [4.78, 5) is 22.1. The number of hydrogen-bond donors (Lipinski definition) is 1. The van der Waals surface area contributed by atoms with Crippen molar-refractivity contribution in [3.8, 4) is 11.4 Å². The Bertz CT molecular complexity index is 1060. The molecule has 0 radical (unpaired) electrons. The minimum atomic E-state index is -0.275. The first-order valence-corrected chi connectivity index (χ1v) is 11.0. The number of carbonyl (C=O) groups is 1. The molecular weight excluding hydrogens is 418 g/mol. The van der Waals surface area contributed by atoms with E-state index in [4.69, 9.17) is 26.3 Å². The van der Waals surface area contributed by atoms with E-state index in [1.165, 1.54) is 11.8 Å². The summed E-state index contributed by atoms with van der Waals surface area (Å²) in [5, 5.41) is 4.31. The molecule has 0 spiro atoms. The summed E-state index contributed by atoms with van der Waals surface area (Å²) in [6, 6.07) is 16.9. The van der Waals surface area contributed by atoms with E-state index in [0.29, 0.717) is 29.6 Å². The number of hydrogen-bond acceptors (Lipinski definition) is 5. The van der Waals surface area contributed by atoms with E-state index in [2.05, 4.69) is 19.2 Å². The molecule has 0 aliphatic carbocycles. The standard InChI is InChI=1S/C23H22ClN3O2S/c1-23(2)12-19-18(13-29-23)22(27-21(26-19)15-6-4-3-5-7-15)30-14-20(28)25-17-10-8-16(24)9-11-17/h3-11H,12-14H2,1-2H3,(H,25,28). The normalized spacial score (nSPS) is 14.8. The van der Waals surface area contributed by atoms with Crippen molar-refractivity contribution < 1.29 is 9.53 Å². The highest BCUT2D eigenvalue weighted by atomic mass is 35.5. The summed E-state index contributed by atoms with van der Waals surface area (Å²) in [7, 11) is 0. The van der Waals surface area contributed by atoms with Crippen LogP contribution >= 0.6 is 23.4 Å². The van der Waals surface area contributed by atoms with Crippen molar-refractivity contribution in [1.29, 1.82) is 0 Å². The molecule has 1 amide bonds. The van der Waals surface area contributed by atoms with Gasteiger partial charge in [-0.25, -0.2) is 9.97 Å². The predicted molar refractivity (Wildman–Crippen MR) is 121 cm³/mol. The molecule has 0 saturated carbocycles. The maximum atomic E-state index is 12.5. The van der Waals surface area contributed by atoms with E-state index < -0.39 is 0 Å². The zero-order valence-electron chi connectivity index (χ0n) is 16.8. The Morgan fingerprint density at radius 2 is 1.87 bits per heavy atom. The second-order valence-electron chi connectivity index (χ2n) is 7.71.